The molecule has 0 aliphatic heterocycles. The zero-order valence-corrected chi connectivity index (χ0v) is 18.7. The van der Waals surface area contributed by atoms with Crippen LogP contribution in [0.3, 0.4) is 0 Å². The van der Waals surface area contributed by atoms with Gasteiger partial charge in [0.1, 0.15) is 17.6 Å². The number of rotatable bonds is 8. The monoisotopic (exact) mass is 435 g/mol. The van der Waals surface area contributed by atoms with Crippen LogP contribution in [0, 0.1) is 0 Å². The van der Waals surface area contributed by atoms with Gasteiger partial charge in [-0.25, -0.2) is 4.98 Å². The molecule has 4 rings (SSSR count). The Hall–Kier alpha value is -3.48. The first-order valence-corrected chi connectivity index (χ1v) is 10.9. The highest BCUT2D eigenvalue weighted by molar-refractivity contribution is 5.95. The van der Waals surface area contributed by atoms with E-state index in [1.54, 1.807) is 32.5 Å². The molecule has 7 heteroatoms. The summed E-state index contributed by atoms with van der Waals surface area (Å²) < 4.78 is 18.9. The molecule has 1 N–H and O–H groups in total. The predicted molar refractivity (Wildman–Crippen MR) is 121 cm³/mol. The van der Waals surface area contributed by atoms with Gasteiger partial charge in [0.15, 0.2) is 11.5 Å². The number of hydrogen-bond donors (Lipinski definition) is 1. The molecule has 2 aromatic carbocycles. The average Bonchev–Trinajstić information content (AvgIpc) is 3.49. The maximum absolute atomic E-state index is 13.2. The minimum atomic E-state index is -0.446. The minimum absolute atomic E-state index is 0.212. The molecule has 1 fully saturated rings. The Bertz CT molecular complexity index is 1070. The summed E-state index contributed by atoms with van der Waals surface area (Å²) in [4.78, 5) is 17.7. The molecule has 1 unspecified atom stereocenters. The minimum Gasteiger partial charge on any atom is -0.497 e. The Morgan fingerprint density at radius 1 is 1.09 bits per heavy atom. The number of amides is 1. The molecule has 3 aromatic rings. The third kappa shape index (κ3) is 4.72. The van der Waals surface area contributed by atoms with Crippen LogP contribution < -0.4 is 19.5 Å². The van der Waals surface area contributed by atoms with Crippen molar-refractivity contribution < 1.29 is 19.0 Å². The fourth-order valence-corrected chi connectivity index (χ4v) is 4.08. The molecule has 0 bridgehead atoms. The van der Waals surface area contributed by atoms with E-state index < -0.39 is 6.04 Å². The molecule has 1 saturated carbocycles. The second-order valence-corrected chi connectivity index (χ2v) is 7.97. The number of imidazole rings is 1. The van der Waals surface area contributed by atoms with Crippen molar-refractivity contribution in [3.8, 4) is 17.2 Å². The van der Waals surface area contributed by atoms with Crippen LogP contribution in [0.25, 0.3) is 0 Å². The lowest BCUT2D eigenvalue weighted by Crippen LogP contribution is -2.31. The first-order chi connectivity index (χ1) is 15.6. The molecule has 0 radical (unpaired) electrons. The lowest BCUT2D eigenvalue weighted by Gasteiger charge is -2.20. The van der Waals surface area contributed by atoms with E-state index >= 15 is 0 Å². The second kappa shape index (κ2) is 9.77. The summed E-state index contributed by atoms with van der Waals surface area (Å²) in [5.41, 5.74) is 1.36. The van der Waals surface area contributed by atoms with Crippen molar-refractivity contribution in [2.75, 3.05) is 14.2 Å². The zero-order chi connectivity index (χ0) is 22.5. The summed E-state index contributed by atoms with van der Waals surface area (Å²) >= 11 is 0. The van der Waals surface area contributed by atoms with Crippen LogP contribution in [0.15, 0.2) is 54.9 Å². The van der Waals surface area contributed by atoms with Crippen LogP contribution >= 0.6 is 0 Å². The van der Waals surface area contributed by atoms with Crippen molar-refractivity contribution in [3.63, 3.8) is 0 Å². The summed E-state index contributed by atoms with van der Waals surface area (Å²) in [5, 5.41) is 3.11. The highest BCUT2D eigenvalue weighted by Crippen LogP contribution is 2.33. The molecule has 1 heterocycles. The number of aromatic nitrogens is 2. The van der Waals surface area contributed by atoms with Gasteiger partial charge in [-0.15, -0.1) is 0 Å². The molecule has 32 heavy (non-hydrogen) atoms. The van der Waals surface area contributed by atoms with Crippen LogP contribution in [-0.4, -0.2) is 35.8 Å². The Kier molecular flexibility index (Phi) is 6.63. The third-order valence-corrected chi connectivity index (χ3v) is 5.84. The number of carbonyl (C=O) groups is 1. The van der Waals surface area contributed by atoms with E-state index in [-0.39, 0.29) is 12.0 Å². The highest BCUT2D eigenvalue weighted by atomic mass is 16.5. The topological polar surface area (TPSA) is 74.6 Å². The van der Waals surface area contributed by atoms with E-state index in [9.17, 15) is 4.79 Å². The van der Waals surface area contributed by atoms with Gasteiger partial charge in [0, 0.05) is 25.0 Å². The summed E-state index contributed by atoms with van der Waals surface area (Å²) in [7, 11) is 5.11. The fourth-order valence-electron chi connectivity index (χ4n) is 4.08. The van der Waals surface area contributed by atoms with Crippen molar-refractivity contribution in [2.45, 2.75) is 37.8 Å². The Balaban J connectivity index is 1.59. The summed E-state index contributed by atoms with van der Waals surface area (Å²) in [5.74, 6) is 2.43. The Morgan fingerprint density at radius 3 is 2.59 bits per heavy atom. The molecular formula is C25H29N3O4. The van der Waals surface area contributed by atoms with Crippen molar-refractivity contribution in [1.82, 2.24) is 14.9 Å². The standard InChI is InChI=1S/C25H29N3O4/c1-28-14-13-26-24(28)23(17-7-6-10-20(15-17)30-2)27-25(29)18-11-12-21(22(16-18)31-3)32-19-8-4-5-9-19/h6-7,10-16,19,23H,4-5,8-9H2,1-3H3,(H,27,29). The molecule has 1 aromatic heterocycles. The van der Waals surface area contributed by atoms with Gasteiger partial charge in [0.25, 0.3) is 5.91 Å². The first kappa shape index (κ1) is 21.7. The highest BCUT2D eigenvalue weighted by Gasteiger charge is 2.23. The van der Waals surface area contributed by atoms with E-state index in [4.69, 9.17) is 14.2 Å². The van der Waals surface area contributed by atoms with Gasteiger partial charge in [-0.1, -0.05) is 12.1 Å². The van der Waals surface area contributed by atoms with Gasteiger partial charge in [0.2, 0.25) is 0 Å². The molecular weight excluding hydrogens is 406 g/mol. The first-order valence-electron chi connectivity index (χ1n) is 10.9. The van der Waals surface area contributed by atoms with Crippen LogP contribution in [0.5, 0.6) is 17.2 Å². The molecule has 1 amide bonds. The molecule has 7 nitrogen and oxygen atoms in total. The number of methoxy groups -OCH3 is 2. The maximum Gasteiger partial charge on any atom is 0.252 e. The van der Waals surface area contributed by atoms with E-state index in [0.717, 1.165) is 24.2 Å². The number of nitrogens with zero attached hydrogens (tertiary/aromatic N) is 2. The number of ether oxygens (including phenoxy) is 3. The van der Waals surface area contributed by atoms with Crippen molar-refractivity contribution >= 4 is 5.91 Å². The Labute approximate surface area is 188 Å². The lowest BCUT2D eigenvalue weighted by atomic mass is 10.0. The van der Waals surface area contributed by atoms with Crippen molar-refractivity contribution in [2.24, 2.45) is 7.05 Å². The van der Waals surface area contributed by atoms with E-state index in [1.165, 1.54) is 12.8 Å². The van der Waals surface area contributed by atoms with Crippen LogP contribution in [-0.2, 0) is 7.05 Å². The van der Waals surface area contributed by atoms with Gasteiger partial charge in [-0.3, -0.25) is 4.79 Å². The maximum atomic E-state index is 13.2. The van der Waals surface area contributed by atoms with Gasteiger partial charge < -0.3 is 24.1 Å². The molecule has 1 atom stereocenters. The molecule has 0 saturated heterocycles. The molecule has 168 valence electrons. The van der Waals surface area contributed by atoms with E-state index in [0.29, 0.717) is 22.8 Å². The molecule has 1 aliphatic rings. The van der Waals surface area contributed by atoms with Gasteiger partial charge in [-0.2, -0.15) is 0 Å². The average molecular weight is 436 g/mol. The number of aryl methyl sites for hydroxylation is 1. The number of hydrogen-bond acceptors (Lipinski definition) is 5. The van der Waals surface area contributed by atoms with Crippen molar-refractivity contribution in [1.29, 1.82) is 0 Å². The van der Waals surface area contributed by atoms with Crippen LogP contribution in [0.2, 0.25) is 0 Å². The number of benzene rings is 2. The smallest absolute Gasteiger partial charge is 0.252 e. The van der Waals surface area contributed by atoms with E-state index in [2.05, 4.69) is 10.3 Å². The number of carbonyl (C=O) groups excluding carboxylic acids is 1. The lowest BCUT2D eigenvalue weighted by molar-refractivity contribution is 0.0940. The summed E-state index contributed by atoms with van der Waals surface area (Å²) in [6, 6.07) is 12.5. The molecule has 1 aliphatic carbocycles. The summed E-state index contributed by atoms with van der Waals surface area (Å²) in [6.07, 6.45) is 8.26. The largest absolute Gasteiger partial charge is 0.497 e. The zero-order valence-electron chi connectivity index (χ0n) is 18.7. The summed E-state index contributed by atoms with van der Waals surface area (Å²) in [6.45, 7) is 0. The fraction of sp³-hybridized carbons (Fsp3) is 0.360. The van der Waals surface area contributed by atoms with Gasteiger partial charge in [0.05, 0.1) is 20.3 Å². The Morgan fingerprint density at radius 2 is 1.91 bits per heavy atom. The second-order valence-electron chi connectivity index (χ2n) is 7.97. The predicted octanol–water partition coefficient (Wildman–Crippen LogP) is 4.28. The van der Waals surface area contributed by atoms with E-state index in [1.807, 2.05) is 48.1 Å². The quantitative estimate of drug-likeness (QED) is 0.572. The van der Waals surface area contributed by atoms with Gasteiger partial charge >= 0.3 is 0 Å². The molecule has 0 spiro atoms. The van der Waals surface area contributed by atoms with Crippen molar-refractivity contribution in [3.05, 3.63) is 71.8 Å². The number of nitrogens with one attached hydrogen (secondary N) is 1. The van der Waals surface area contributed by atoms with Crippen LogP contribution in [0.1, 0.15) is 53.5 Å². The SMILES string of the molecule is COc1cccc(C(NC(=O)c2ccc(OC3CCCC3)c(OC)c2)c2nccn2C)c1. The third-order valence-electron chi connectivity index (χ3n) is 5.84. The van der Waals surface area contributed by atoms with Gasteiger partial charge in [-0.05, 0) is 61.6 Å². The van der Waals surface area contributed by atoms with Crippen LogP contribution in [0.4, 0.5) is 0 Å². The normalized spacial score (nSPS) is 14.7.